The lowest BCUT2D eigenvalue weighted by molar-refractivity contribution is 0.0136. The van der Waals surface area contributed by atoms with Gasteiger partial charge in [0, 0.05) is 6.54 Å². The van der Waals surface area contributed by atoms with Crippen molar-refractivity contribution in [3.63, 3.8) is 0 Å². The highest BCUT2D eigenvalue weighted by Crippen LogP contribution is 2.05. The Kier molecular flexibility index (Phi) is 6.58. The van der Waals surface area contributed by atoms with Crippen LogP contribution in [0.15, 0.2) is 18.2 Å². The number of ether oxygens (including phenoxy) is 2. The van der Waals surface area contributed by atoms with Crippen LogP contribution in [-0.4, -0.2) is 30.8 Å². The predicted octanol–water partition coefficient (Wildman–Crippen LogP) is 2.46. The maximum absolute atomic E-state index is 5.49. The Morgan fingerprint density at radius 1 is 1.29 bits per heavy atom. The molecule has 0 saturated carbocycles. The average Bonchev–Trinajstić information content (AvgIpc) is 2.29. The predicted molar refractivity (Wildman–Crippen MR) is 69.1 cm³/mol. The van der Waals surface area contributed by atoms with E-state index in [1.54, 1.807) is 0 Å². The number of anilines is 1. The maximum atomic E-state index is 5.49. The van der Waals surface area contributed by atoms with Crippen molar-refractivity contribution in [1.82, 2.24) is 4.98 Å². The summed E-state index contributed by atoms with van der Waals surface area (Å²) in [6.07, 6.45) is 0.258. The van der Waals surface area contributed by atoms with Gasteiger partial charge in [-0.2, -0.15) is 0 Å². The van der Waals surface area contributed by atoms with Crippen molar-refractivity contribution in [2.45, 2.75) is 33.5 Å². The van der Waals surface area contributed by atoms with E-state index in [4.69, 9.17) is 9.47 Å². The van der Waals surface area contributed by atoms with Gasteiger partial charge < -0.3 is 14.8 Å². The van der Waals surface area contributed by atoms with E-state index in [0.717, 1.165) is 18.1 Å². The molecule has 1 aromatic rings. The smallest absolute Gasteiger partial charge is 0.126 e. The van der Waals surface area contributed by atoms with Gasteiger partial charge in [-0.3, -0.25) is 0 Å². The fourth-order valence-electron chi connectivity index (χ4n) is 1.36. The molecule has 0 amide bonds. The highest BCUT2D eigenvalue weighted by Gasteiger charge is 1.98. The molecule has 17 heavy (non-hydrogen) atoms. The molecule has 1 aromatic heterocycles. The second-order valence-electron chi connectivity index (χ2n) is 4.02. The Hall–Kier alpha value is -1.13. The van der Waals surface area contributed by atoms with Gasteiger partial charge in [0.05, 0.1) is 31.6 Å². The summed E-state index contributed by atoms with van der Waals surface area (Å²) in [6.45, 7) is 8.72. The molecule has 0 saturated heterocycles. The molecule has 1 rings (SSSR count). The molecule has 0 aliphatic rings. The first-order valence-corrected chi connectivity index (χ1v) is 6.11. The minimum atomic E-state index is 0.258. The van der Waals surface area contributed by atoms with E-state index in [1.807, 2.05) is 39.0 Å². The first kappa shape index (κ1) is 13.9. The largest absolute Gasteiger partial charge is 0.376 e. The molecule has 0 spiro atoms. The quantitative estimate of drug-likeness (QED) is 0.706. The van der Waals surface area contributed by atoms with Crippen LogP contribution in [0.4, 0.5) is 5.82 Å². The highest BCUT2D eigenvalue weighted by molar-refractivity contribution is 5.34. The molecule has 0 radical (unpaired) electrons. The lowest BCUT2D eigenvalue weighted by Crippen LogP contribution is -2.10. The second kappa shape index (κ2) is 8.03. The van der Waals surface area contributed by atoms with E-state index in [0.29, 0.717) is 19.8 Å². The molecule has 0 aliphatic carbocycles. The molecule has 0 unspecified atom stereocenters. The molecule has 1 N–H and O–H groups in total. The number of nitrogens with one attached hydrogen (secondary N) is 1. The summed E-state index contributed by atoms with van der Waals surface area (Å²) in [5, 5.41) is 3.17. The summed E-state index contributed by atoms with van der Waals surface area (Å²) < 4.78 is 10.9. The SMILES string of the molecule is CCNc1cccc(COCCOC(C)C)n1. The Morgan fingerprint density at radius 2 is 2.12 bits per heavy atom. The molecule has 0 fully saturated rings. The zero-order chi connectivity index (χ0) is 12.5. The van der Waals surface area contributed by atoms with Gasteiger partial charge in [-0.05, 0) is 32.9 Å². The number of aromatic nitrogens is 1. The fraction of sp³-hybridized carbons (Fsp3) is 0.615. The Bertz CT molecular complexity index is 316. The van der Waals surface area contributed by atoms with Gasteiger partial charge in [0.2, 0.25) is 0 Å². The van der Waals surface area contributed by atoms with E-state index in [2.05, 4.69) is 10.3 Å². The zero-order valence-corrected chi connectivity index (χ0v) is 10.9. The molecular weight excluding hydrogens is 216 g/mol. The molecule has 96 valence electrons. The number of nitrogens with zero attached hydrogens (tertiary/aromatic N) is 1. The summed E-state index contributed by atoms with van der Waals surface area (Å²) in [6, 6.07) is 5.90. The van der Waals surface area contributed by atoms with Crippen molar-refractivity contribution >= 4 is 5.82 Å². The van der Waals surface area contributed by atoms with Crippen molar-refractivity contribution < 1.29 is 9.47 Å². The minimum absolute atomic E-state index is 0.258. The zero-order valence-electron chi connectivity index (χ0n) is 10.9. The third-order valence-electron chi connectivity index (χ3n) is 2.09. The van der Waals surface area contributed by atoms with Gasteiger partial charge in [-0.15, -0.1) is 0 Å². The van der Waals surface area contributed by atoms with Gasteiger partial charge >= 0.3 is 0 Å². The first-order chi connectivity index (χ1) is 8.22. The summed E-state index contributed by atoms with van der Waals surface area (Å²) in [7, 11) is 0. The van der Waals surface area contributed by atoms with Crippen LogP contribution in [0, 0.1) is 0 Å². The normalized spacial score (nSPS) is 10.8. The topological polar surface area (TPSA) is 43.4 Å². The average molecular weight is 238 g/mol. The van der Waals surface area contributed by atoms with E-state index in [-0.39, 0.29) is 6.10 Å². The lowest BCUT2D eigenvalue weighted by atomic mass is 10.3. The molecule has 0 atom stereocenters. The van der Waals surface area contributed by atoms with Crippen molar-refractivity contribution in [3.8, 4) is 0 Å². The second-order valence-corrected chi connectivity index (χ2v) is 4.02. The standard InChI is InChI=1S/C13H22N2O2/c1-4-14-13-7-5-6-12(15-13)10-16-8-9-17-11(2)3/h5-7,11H,4,8-10H2,1-3H3,(H,14,15). The van der Waals surface area contributed by atoms with Crippen molar-refractivity contribution in [2.75, 3.05) is 25.1 Å². The molecule has 0 bridgehead atoms. The summed E-state index contributed by atoms with van der Waals surface area (Å²) in [5.41, 5.74) is 0.938. The number of rotatable bonds is 8. The monoisotopic (exact) mass is 238 g/mol. The molecule has 0 aromatic carbocycles. The van der Waals surface area contributed by atoms with Crippen LogP contribution in [0.2, 0.25) is 0 Å². The molecular formula is C13H22N2O2. The van der Waals surface area contributed by atoms with Gasteiger partial charge in [0.1, 0.15) is 5.82 Å². The molecule has 4 heteroatoms. The van der Waals surface area contributed by atoms with Crippen LogP contribution in [0.5, 0.6) is 0 Å². The van der Waals surface area contributed by atoms with Crippen molar-refractivity contribution in [1.29, 1.82) is 0 Å². The highest BCUT2D eigenvalue weighted by atomic mass is 16.5. The van der Waals surface area contributed by atoms with Gasteiger partial charge in [-0.1, -0.05) is 6.07 Å². The van der Waals surface area contributed by atoms with Crippen LogP contribution >= 0.6 is 0 Å². The van der Waals surface area contributed by atoms with Crippen LogP contribution in [0.25, 0.3) is 0 Å². The maximum Gasteiger partial charge on any atom is 0.126 e. The van der Waals surface area contributed by atoms with Crippen LogP contribution < -0.4 is 5.32 Å². The Morgan fingerprint density at radius 3 is 2.82 bits per heavy atom. The van der Waals surface area contributed by atoms with E-state index >= 15 is 0 Å². The van der Waals surface area contributed by atoms with E-state index in [9.17, 15) is 0 Å². The van der Waals surface area contributed by atoms with Gasteiger partial charge in [-0.25, -0.2) is 4.98 Å². The van der Waals surface area contributed by atoms with E-state index in [1.165, 1.54) is 0 Å². The fourth-order valence-corrected chi connectivity index (χ4v) is 1.36. The van der Waals surface area contributed by atoms with Crippen molar-refractivity contribution in [2.24, 2.45) is 0 Å². The van der Waals surface area contributed by atoms with Crippen LogP contribution in [-0.2, 0) is 16.1 Å². The third kappa shape index (κ3) is 6.24. The molecule has 0 aliphatic heterocycles. The number of pyridine rings is 1. The van der Waals surface area contributed by atoms with Gasteiger partial charge in [0.15, 0.2) is 0 Å². The molecule has 4 nitrogen and oxygen atoms in total. The number of hydrogen-bond donors (Lipinski definition) is 1. The lowest BCUT2D eigenvalue weighted by Gasteiger charge is -2.08. The van der Waals surface area contributed by atoms with Crippen LogP contribution in [0.1, 0.15) is 26.5 Å². The first-order valence-electron chi connectivity index (χ1n) is 6.11. The Balaban J connectivity index is 2.24. The van der Waals surface area contributed by atoms with E-state index < -0.39 is 0 Å². The third-order valence-corrected chi connectivity index (χ3v) is 2.09. The van der Waals surface area contributed by atoms with Crippen molar-refractivity contribution in [3.05, 3.63) is 23.9 Å². The molecule has 1 heterocycles. The minimum Gasteiger partial charge on any atom is -0.376 e. The van der Waals surface area contributed by atoms with Crippen LogP contribution in [0.3, 0.4) is 0 Å². The Labute approximate surface area is 103 Å². The summed E-state index contributed by atoms with van der Waals surface area (Å²) in [4.78, 5) is 4.42. The van der Waals surface area contributed by atoms with Gasteiger partial charge in [0.25, 0.3) is 0 Å². The summed E-state index contributed by atoms with van der Waals surface area (Å²) in [5.74, 6) is 0.895. The number of hydrogen-bond acceptors (Lipinski definition) is 4. The summed E-state index contributed by atoms with van der Waals surface area (Å²) >= 11 is 0.